The molecule has 0 aliphatic carbocycles. The minimum atomic E-state index is -4.46. The van der Waals surface area contributed by atoms with E-state index in [9.17, 15) is 18.0 Å². The lowest BCUT2D eigenvalue weighted by Crippen LogP contribution is -2.28. The van der Waals surface area contributed by atoms with Crippen LogP contribution < -0.4 is 5.32 Å². The predicted octanol–water partition coefficient (Wildman–Crippen LogP) is 7.15. The van der Waals surface area contributed by atoms with Gasteiger partial charge in [-0.15, -0.1) is 0 Å². The third kappa shape index (κ3) is 5.01. The minimum Gasteiger partial charge on any atom is -0.361 e. The number of hydrogen-bond donors (Lipinski definition) is 2. The van der Waals surface area contributed by atoms with Gasteiger partial charge in [-0.3, -0.25) is 4.79 Å². The van der Waals surface area contributed by atoms with E-state index >= 15 is 0 Å². The first-order chi connectivity index (χ1) is 16.3. The number of aromatic nitrogens is 1. The molecule has 0 aliphatic heterocycles. The van der Waals surface area contributed by atoms with Crippen molar-refractivity contribution < 1.29 is 18.0 Å². The molecular weight excluding hydrogens is 437 g/mol. The van der Waals surface area contributed by atoms with Crippen LogP contribution in [0, 0.1) is 0 Å². The van der Waals surface area contributed by atoms with Crippen molar-refractivity contribution in [1.82, 2.24) is 10.3 Å². The molecule has 1 heterocycles. The zero-order valence-electron chi connectivity index (χ0n) is 19.1. The lowest BCUT2D eigenvalue weighted by Gasteiger charge is -2.21. The largest absolute Gasteiger partial charge is 0.416 e. The number of nitrogens with one attached hydrogen (secondary N) is 2. The van der Waals surface area contributed by atoms with E-state index in [1.165, 1.54) is 6.07 Å². The van der Waals surface area contributed by atoms with Crippen molar-refractivity contribution in [3.8, 4) is 0 Å². The molecule has 3 aromatic carbocycles. The fourth-order valence-corrected chi connectivity index (χ4v) is 4.47. The van der Waals surface area contributed by atoms with Crippen molar-refractivity contribution >= 4 is 16.8 Å². The quantitative estimate of drug-likeness (QED) is 0.300. The molecule has 0 saturated carbocycles. The summed E-state index contributed by atoms with van der Waals surface area (Å²) in [6.07, 6.45) is -1.79. The molecular formula is C28H27F3N2O. The van der Waals surface area contributed by atoms with Gasteiger partial charge >= 0.3 is 6.18 Å². The van der Waals surface area contributed by atoms with E-state index in [4.69, 9.17) is 0 Å². The molecule has 2 N–H and O–H groups in total. The molecule has 2 atom stereocenters. The highest BCUT2D eigenvalue weighted by molar-refractivity contribution is 5.88. The van der Waals surface area contributed by atoms with Gasteiger partial charge in [0.15, 0.2) is 0 Å². The number of aromatic amines is 1. The molecule has 1 amide bonds. The Hall–Kier alpha value is -3.54. The molecule has 34 heavy (non-hydrogen) atoms. The van der Waals surface area contributed by atoms with Crippen LogP contribution in [0.2, 0.25) is 0 Å². The van der Waals surface area contributed by atoms with E-state index in [0.717, 1.165) is 46.1 Å². The Morgan fingerprint density at radius 2 is 1.68 bits per heavy atom. The molecule has 1 aromatic heterocycles. The van der Waals surface area contributed by atoms with Crippen molar-refractivity contribution in [3.63, 3.8) is 0 Å². The first-order valence-electron chi connectivity index (χ1n) is 11.4. The summed E-state index contributed by atoms with van der Waals surface area (Å²) < 4.78 is 40.4. The Kier molecular flexibility index (Phi) is 6.77. The second-order valence-corrected chi connectivity index (χ2v) is 8.52. The van der Waals surface area contributed by atoms with Crippen LogP contribution in [-0.4, -0.2) is 10.9 Å². The zero-order valence-corrected chi connectivity index (χ0v) is 19.1. The van der Waals surface area contributed by atoms with Gasteiger partial charge in [0, 0.05) is 29.4 Å². The fourth-order valence-electron chi connectivity index (χ4n) is 4.47. The molecule has 4 rings (SSSR count). The fraction of sp³-hybridized carbons (Fsp3) is 0.250. The van der Waals surface area contributed by atoms with Gasteiger partial charge in [0.05, 0.1) is 11.6 Å². The smallest absolute Gasteiger partial charge is 0.361 e. The van der Waals surface area contributed by atoms with Crippen LogP contribution in [0.1, 0.15) is 60.0 Å². The van der Waals surface area contributed by atoms with Crippen molar-refractivity contribution in [2.24, 2.45) is 0 Å². The Balaban J connectivity index is 1.72. The molecule has 0 unspecified atom stereocenters. The summed E-state index contributed by atoms with van der Waals surface area (Å²) in [6.45, 7) is 3.95. The maximum Gasteiger partial charge on any atom is 0.416 e. The normalized spacial score (nSPS) is 13.6. The van der Waals surface area contributed by atoms with Crippen LogP contribution in [0.3, 0.4) is 0 Å². The second-order valence-electron chi connectivity index (χ2n) is 8.52. The number of H-pyrrole nitrogens is 1. The molecule has 0 saturated heterocycles. The van der Waals surface area contributed by atoms with E-state index in [-0.39, 0.29) is 18.4 Å². The third-order valence-corrected chi connectivity index (χ3v) is 6.27. The Morgan fingerprint density at radius 3 is 2.38 bits per heavy atom. The van der Waals surface area contributed by atoms with Crippen LogP contribution in [0.5, 0.6) is 0 Å². The van der Waals surface area contributed by atoms with Gasteiger partial charge in [0.25, 0.3) is 0 Å². The van der Waals surface area contributed by atoms with Crippen LogP contribution in [0.4, 0.5) is 13.2 Å². The van der Waals surface area contributed by atoms with Gasteiger partial charge in [-0.1, -0.05) is 73.7 Å². The summed E-state index contributed by atoms with van der Waals surface area (Å²) in [6, 6.07) is 20.6. The first-order valence-corrected chi connectivity index (χ1v) is 11.4. The molecule has 0 aliphatic rings. The lowest BCUT2D eigenvalue weighted by molar-refractivity contribution is -0.137. The number of carbonyl (C=O) groups is 1. The molecule has 3 nitrogen and oxygen atoms in total. The van der Waals surface area contributed by atoms with Crippen LogP contribution in [0.15, 0.2) is 79.0 Å². The number of para-hydroxylation sites is 1. The number of halogens is 3. The molecule has 0 fully saturated rings. The summed E-state index contributed by atoms with van der Waals surface area (Å²) in [7, 11) is 0. The van der Waals surface area contributed by atoms with E-state index in [1.807, 2.05) is 61.7 Å². The summed E-state index contributed by atoms with van der Waals surface area (Å²) in [4.78, 5) is 16.4. The van der Waals surface area contributed by atoms with Crippen molar-refractivity contribution in [3.05, 3.63) is 107 Å². The minimum absolute atomic E-state index is 0.0296. The summed E-state index contributed by atoms with van der Waals surface area (Å²) in [5, 5.41) is 3.92. The number of fused-ring (bicyclic) bond motifs is 1. The number of amides is 1. The third-order valence-electron chi connectivity index (χ3n) is 6.27. The highest BCUT2D eigenvalue weighted by atomic mass is 19.4. The highest BCUT2D eigenvalue weighted by Crippen LogP contribution is 2.37. The van der Waals surface area contributed by atoms with Crippen LogP contribution in [0.25, 0.3) is 10.9 Å². The lowest BCUT2D eigenvalue weighted by atomic mass is 9.86. The van der Waals surface area contributed by atoms with E-state index in [0.29, 0.717) is 5.56 Å². The molecule has 0 spiro atoms. The van der Waals surface area contributed by atoms with Gasteiger partial charge in [-0.25, -0.2) is 0 Å². The monoisotopic (exact) mass is 464 g/mol. The van der Waals surface area contributed by atoms with Crippen molar-refractivity contribution in [1.29, 1.82) is 0 Å². The van der Waals surface area contributed by atoms with Gasteiger partial charge in [-0.2, -0.15) is 13.2 Å². The van der Waals surface area contributed by atoms with Gasteiger partial charge in [-0.05, 0) is 41.7 Å². The second kappa shape index (κ2) is 9.75. The average Bonchev–Trinajstić information content (AvgIpc) is 3.26. The number of hydrogen-bond acceptors (Lipinski definition) is 1. The number of alkyl halides is 3. The molecule has 0 radical (unpaired) electrons. The summed E-state index contributed by atoms with van der Waals surface area (Å²) >= 11 is 0. The number of aryl methyl sites for hydroxylation is 1. The maximum absolute atomic E-state index is 13.5. The first kappa shape index (κ1) is 23.6. The molecule has 176 valence electrons. The highest BCUT2D eigenvalue weighted by Gasteiger charge is 2.32. The standard InChI is InChI=1S/C28H27F3N2O/c1-3-19-11-8-14-23-25(17-32-27(19)23)24(21-12-7-13-22(15-21)28(29,30)31)16-26(34)33-18(2)20-9-5-4-6-10-20/h4-15,17-18,24,32H,3,16H2,1-2H3,(H,33,34)/t18-,24+/m1/s1. The number of carbonyl (C=O) groups excluding carboxylic acids is 1. The SMILES string of the molecule is CCc1cccc2c([C@@H](CC(=O)N[C@H](C)c3ccccc3)c3cccc(C(F)(F)F)c3)c[nH]c12. The van der Waals surface area contributed by atoms with E-state index in [2.05, 4.69) is 17.2 Å². The average molecular weight is 465 g/mol. The van der Waals surface area contributed by atoms with Gasteiger partial charge in [0.2, 0.25) is 5.91 Å². The molecule has 6 heteroatoms. The van der Waals surface area contributed by atoms with Gasteiger partial charge in [0.1, 0.15) is 0 Å². The zero-order chi connectivity index (χ0) is 24.3. The van der Waals surface area contributed by atoms with E-state index in [1.54, 1.807) is 6.07 Å². The number of benzene rings is 3. The number of rotatable bonds is 7. The Morgan fingerprint density at radius 1 is 0.971 bits per heavy atom. The predicted molar refractivity (Wildman–Crippen MR) is 129 cm³/mol. The summed E-state index contributed by atoms with van der Waals surface area (Å²) in [5.74, 6) is -0.758. The van der Waals surface area contributed by atoms with Crippen molar-refractivity contribution in [2.45, 2.75) is 44.8 Å². The maximum atomic E-state index is 13.5. The van der Waals surface area contributed by atoms with Gasteiger partial charge < -0.3 is 10.3 Å². The molecule has 4 aromatic rings. The van der Waals surface area contributed by atoms with Crippen LogP contribution in [-0.2, 0) is 17.4 Å². The van der Waals surface area contributed by atoms with Crippen molar-refractivity contribution in [2.75, 3.05) is 0 Å². The Labute approximate surface area is 197 Å². The van der Waals surface area contributed by atoms with E-state index < -0.39 is 17.7 Å². The summed E-state index contributed by atoms with van der Waals surface area (Å²) in [5.41, 5.74) is 3.59. The topological polar surface area (TPSA) is 44.9 Å². The Bertz CT molecular complexity index is 1280. The molecule has 0 bridgehead atoms. The van der Waals surface area contributed by atoms with Crippen LogP contribution >= 0.6 is 0 Å².